The molecule has 0 radical (unpaired) electrons. The molecule has 3 rings (SSSR count). The molecule has 1 atom stereocenters. The summed E-state index contributed by atoms with van der Waals surface area (Å²) in [4.78, 5) is 25.9. The zero-order chi connectivity index (χ0) is 18.5. The third kappa shape index (κ3) is 4.25. The molecule has 0 saturated carbocycles. The first kappa shape index (κ1) is 18.5. The van der Waals surface area contributed by atoms with E-state index in [4.69, 9.17) is 9.47 Å². The number of nitrogens with one attached hydrogen (secondary N) is 1. The quantitative estimate of drug-likeness (QED) is 0.787. The first-order valence-corrected chi connectivity index (χ1v) is 9.67. The lowest BCUT2D eigenvalue weighted by molar-refractivity contribution is -0.129. The fourth-order valence-electron chi connectivity index (χ4n) is 3.02. The van der Waals surface area contributed by atoms with Crippen molar-refractivity contribution in [2.24, 2.45) is 0 Å². The third-order valence-corrected chi connectivity index (χ3v) is 5.65. The van der Waals surface area contributed by atoms with Gasteiger partial charge in [-0.25, -0.2) is 4.79 Å². The average molecular weight is 373 g/mol. The summed E-state index contributed by atoms with van der Waals surface area (Å²) in [6, 6.07) is 7.44. The van der Waals surface area contributed by atoms with Crippen LogP contribution in [0.4, 0.5) is 0 Å². The standard InChI is InChI=1S/C20H23NO4S/c1-13(19(22)21-11-14-7-9-15(24-2)10-8-14)25-20(23)17-12-26-18-6-4-3-5-16(17)18/h7-10,12-13H,3-6,11H2,1-2H3,(H,21,22)/t13-/m1/s1. The number of ether oxygens (including phenoxy) is 2. The molecule has 26 heavy (non-hydrogen) atoms. The van der Waals surface area contributed by atoms with Crippen LogP contribution < -0.4 is 10.1 Å². The van der Waals surface area contributed by atoms with E-state index in [1.807, 2.05) is 29.6 Å². The van der Waals surface area contributed by atoms with E-state index in [1.54, 1.807) is 25.4 Å². The lowest BCUT2D eigenvalue weighted by Crippen LogP contribution is -2.35. The van der Waals surface area contributed by atoms with Gasteiger partial charge in [0.05, 0.1) is 12.7 Å². The molecule has 0 bridgehead atoms. The van der Waals surface area contributed by atoms with Gasteiger partial charge in [0, 0.05) is 16.8 Å². The topological polar surface area (TPSA) is 64.6 Å². The number of thiophene rings is 1. The van der Waals surface area contributed by atoms with Crippen LogP contribution in [0.3, 0.4) is 0 Å². The SMILES string of the molecule is COc1ccc(CNC(=O)[C@@H](C)OC(=O)c2csc3c2CCCC3)cc1. The van der Waals surface area contributed by atoms with Gasteiger partial charge >= 0.3 is 5.97 Å². The maximum atomic E-state index is 12.4. The molecule has 1 heterocycles. The summed E-state index contributed by atoms with van der Waals surface area (Å²) in [5.74, 6) is 0.0521. The third-order valence-electron chi connectivity index (χ3n) is 4.56. The molecular weight excluding hydrogens is 350 g/mol. The van der Waals surface area contributed by atoms with Crippen molar-refractivity contribution in [3.8, 4) is 5.75 Å². The lowest BCUT2D eigenvalue weighted by atomic mass is 9.96. The van der Waals surface area contributed by atoms with Crippen LogP contribution in [0.15, 0.2) is 29.6 Å². The molecule has 5 nitrogen and oxygen atoms in total. The number of aryl methyl sites for hydroxylation is 1. The number of amides is 1. The highest BCUT2D eigenvalue weighted by molar-refractivity contribution is 7.10. The number of rotatable bonds is 6. The maximum Gasteiger partial charge on any atom is 0.340 e. The fraction of sp³-hybridized carbons (Fsp3) is 0.400. The second-order valence-corrected chi connectivity index (χ2v) is 7.34. The molecule has 0 fully saturated rings. The normalized spacial score (nSPS) is 14.2. The molecule has 2 aromatic rings. The van der Waals surface area contributed by atoms with Gasteiger partial charge in [-0.2, -0.15) is 0 Å². The highest BCUT2D eigenvalue weighted by Gasteiger charge is 2.24. The van der Waals surface area contributed by atoms with Gasteiger partial charge in [0.2, 0.25) is 0 Å². The first-order valence-electron chi connectivity index (χ1n) is 8.79. The molecule has 138 valence electrons. The summed E-state index contributed by atoms with van der Waals surface area (Å²) in [5, 5.41) is 4.66. The number of carbonyl (C=O) groups is 2. The van der Waals surface area contributed by atoms with Gasteiger partial charge in [0.25, 0.3) is 5.91 Å². The Hall–Kier alpha value is -2.34. The van der Waals surface area contributed by atoms with Crippen LogP contribution in [0.5, 0.6) is 5.75 Å². The van der Waals surface area contributed by atoms with E-state index in [1.165, 1.54) is 11.3 Å². The van der Waals surface area contributed by atoms with E-state index >= 15 is 0 Å². The van der Waals surface area contributed by atoms with Crippen molar-refractivity contribution in [3.05, 3.63) is 51.2 Å². The Labute approximate surface area is 157 Å². The molecule has 1 aliphatic carbocycles. The van der Waals surface area contributed by atoms with Gasteiger partial charge in [-0.05, 0) is 55.9 Å². The summed E-state index contributed by atoms with van der Waals surface area (Å²) in [6.45, 7) is 1.97. The van der Waals surface area contributed by atoms with Gasteiger partial charge in [-0.1, -0.05) is 12.1 Å². The Morgan fingerprint density at radius 3 is 2.65 bits per heavy atom. The van der Waals surface area contributed by atoms with Crippen LogP contribution in [-0.2, 0) is 28.9 Å². The molecule has 1 aromatic heterocycles. The highest BCUT2D eigenvalue weighted by Crippen LogP contribution is 2.30. The molecule has 0 aliphatic heterocycles. The first-order chi connectivity index (χ1) is 12.6. The van der Waals surface area contributed by atoms with Crippen molar-refractivity contribution < 1.29 is 19.1 Å². The van der Waals surface area contributed by atoms with Crippen LogP contribution in [-0.4, -0.2) is 25.1 Å². The van der Waals surface area contributed by atoms with Crippen molar-refractivity contribution in [1.82, 2.24) is 5.32 Å². The van der Waals surface area contributed by atoms with Crippen LogP contribution in [0, 0.1) is 0 Å². The molecular formula is C20H23NO4S. The van der Waals surface area contributed by atoms with Gasteiger partial charge in [-0.3, -0.25) is 4.79 Å². The van der Waals surface area contributed by atoms with Gasteiger partial charge in [0.1, 0.15) is 5.75 Å². The molecule has 1 aromatic carbocycles. The van der Waals surface area contributed by atoms with Gasteiger partial charge < -0.3 is 14.8 Å². The van der Waals surface area contributed by atoms with Gasteiger partial charge in [-0.15, -0.1) is 11.3 Å². The van der Waals surface area contributed by atoms with Crippen molar-refractivity contribution in [2.75, 3.05) is 7.11 Å². The molecule has 1 N–H and O–H groups in total. The highest BCUT2D eigenvalue weighted by atomic mass is 32.1. The lowest BCUT2D eigenvalue weighted by Gasteiger charge is -2.15. The van der Waals surface area contributed by atoms with E-state index in [9.17, 15) is 9.59 Å². The van der Waals surface area contributed by atoms with E-state index < -0.39 is 12.1 Å². The Morgan fingerprint density at radius 2 is 1.92 bits per heavy atom. The predicted octanol–water partition coefficient (Wildman–Crippen LogP) is 3.50. The summed E-state index contributed by atoms with van der Waals surface area (Å²) in [6.07, 6.45) is 3.39. The van der Waals surface area contributed by atoms with Crippen molar-refractivity contribution in [3.63, 3.8) is 0 Å². The van der Waals surface area contributed by atoms with E-state index in [0.29, 0.717) is 12.1 Å². The number of esters is 1. The summed E-state index contributed by atoms with van der Waals surface area (Å²) >= 11 is 1.61. The number of carbonyl (C=O) groups excluding carboxylic acids is 2. The van der Waals surface area contributed by atoms with Crippen LogP contribution in [0.1, 0.15) is 46.1 Å². The van der Waals surface area contributed by atoms with E-state index in [2.05, 4.69) is 5.32 Å². The van der Waals surface area contributed by atoms with Crippen molar-refractivity contribution in [1.29, 1.82) is 0 Å². The number of hydrogen-bond donors (Lipinski definition) is 1. The van der Waals surface area contributed by atoms with Crippen molar-refractivity contribution in [2.45, 2.75) is 45.3 Å². The zero-order valence-electron chi connectivity index (χ0n) is 15.0. The summed E-state index contributed by atoms with van der Waals surface area (Å²) in [5.41, 5.74) is 2.68. The second-order valence-electron chi connectivity index (χ2n) is 6.37. The summed E-state index contributed by atoms with van der Waals surface area (Å²) in [7, 11) is 1.61. The second kappa shape index (κ2) is 8.36. The molecule has 0 unspecified atom stereocenters. The minimum Gasteiger partial charge on any atom is -0.497 e. The average Bonchev–Trinajstić information content (AvgIpc) is 3.10. The zero-order valence-corrected chi connectivity index (χ0v) is 15.9. The molecule has 0 spiro atoms. The minimum absolute atomic E-state index is 0.307. The molecule has 6 heteroatoms. The number of benzene rings is 1. The van der Waals surface area contributed by atoms with Crippen LogP contribution in [0.25, 0.3) is 0 Å². The smallest absolute Gasteiger partial charge is 0.340 e. The minimum atomic E-state index is -0.833. The number of fused-ring (bicyclic) bond motifs is 1. The van der Waals surface area contributed by atoms with Crippen LogP contribution >= 0.6 is 11.3 Å². The van der Waals surface area contributed by atoms with Crippen molar-refractivity contribution >= 4 is 23.2 Å². The Morgan fingerprint density at radius 1 is 1.19 bits per heavy atom. The van der Waals surface area contributed by atoms with Gasteiger partial charge in [0.15, 0.2) is 6.10 Å². The summed E-state index contributed by atoms with van der Waals surface area (Å²) < 4.78 is 10.5. The van der Waals surface area contributed by atoms with E-state index in [0.717, 1.165) is 36.1 Å². The monoisotopic (exact) mass is 373 g/mol. The largest absolute Gasteiger partial charge is 0.497 e. The Bertz CT molecular complexity index is 782. The predicted molar refractivity (Wildman–Crippen MR) is 101 cm³/mol. The van der Waals surface area contributed by atoms with Crippen LogP contribution in [0.2, 0.25) is 0 Å². The Kier molecular flexibility index (Phi) is 5.93. The fourth-order valence-corrected chi connectivity index (χ4v) is 4.13. The molecule has 0 saturated heterocycles. The molecule has 1 amide bonds. The number of methoxy groups -OCH3 is 1. The maximum absolute atomic E-state index is 12.4. The Balaban J connectivity index is 1.53. The molecule has 1 aliphatic rings. The van der Waals surface area contributed by atoms with E-state index in [-0.39, 0.29) is 5.91 Å². The number of hydrogen-bond acceptors (Lipinski definition) is 5.